The number of aromatic nitrogens is 3. The van der Waals surface area contributed by atoms with Gasteiger partial charge in [-0.05, 0) is 64.1 Å². The standard InChI is InChI=1S/C20H35N5/c1-23-19(16-24-11-5-2-6-12-24)21-22-20(23)18-10-7-13-25(15-18)14-17-8-3-4-9-17/h17-18H,2-16H2,1H3. The van der Waals surface area contributed by atoms with Crippen molar-refractivity contribution in [3.63, 3.8) is 0 Å². The van der Waals surface area contributed by atoms with E-state index in [1.54, 1.807) is 0 Å². The number of hydrogen-bond acceptors (Lipinski definition) is 4. The quantitative estimate of drug-likeness (QED) is 0.821. The molecule has 2 saturated heterocycles. The molecule has 0 amide bonds. The van der Waals surface area contributed by atoms with Gasteiger partial charge in [0.05, 0.1) is 6.54 Å². The fraction of sp³-hybridized carbons (Fsp3) is 0.900. The van der Waals surface area contributed by atoms with E-state index in [1.807, 2.05) is 0 Å². The highest BCUT2D eigenvalue weighted by Crippen LogP contribution is 2.30. The third kappa shape index (κ3) is 4.25. The van der Waals surface area contributed by atoms with Gasteiger partial charge in [0.2, 0.25) is 0 Å². The summed E-state index contributed by atoms with van der Waals surface area (Å²) in [4.78, 5) is 5.26. The minimum Gasteiger partial charge on any atom is -0.317 e. The van der Waals surface area contributed by atoms with Gasteiger partial charge in [0, 0.05) is 26.1 Å². The van der Waals surface area contributed by atoms with E-state index in [1.165, 1.54) is 96.3 Å². The van der Waals surface area contributed by atoms with Crippen LogP contribution in [0.2, 0.25) is 0 Å². The summed E-state index contributed by atoms with van der Waals surface area (Å²) in [6, 6.07) is 0. The van der Waals surface area contributed by atoms with Crippen LogP contribution < -0.4 is 0 Å². The summed E-state index contributed by atoms with van der Waals surface area (Å²) in [5, 5.41) is 9.20. The zero-order chi connectivity index (χ0) is 17.1. The summed E-state index contributed by atoms with van der Waals surface area (Å²) < 4.78 is 2.30. The molecule has 0 radical (unpaired) electrons. The third-order valence-corrected chi connectivity index (χ3v) is 6.67. The summed E-state index contributed by atoms with van der Waals surface area (Å²) in [7, 11) is 2.19. The maximum atomic E-state index is 4.63. The Hall–Kier alpha value is -0.940. The zero-order valence-electron chi connectivity index (χ0n) is 16.0. The molecule has 1 aliphatic carbocycles. The molecule has 4 rings (SSSR count). The second-order valence-corrected chi connectivity index (χ2v) is 8.62. The first kappa shape index (κ1) is 17.5. The molecule has 1 aromatic heterocycles. The van der Waals surface area contributed by atoms with Gasteiger partial charge in [-0.25, -0.2) is 0 Å². The fourth-order valence-electron chi connectivity index (χ4n) is 5.18. The molecule has 3 aliphatic rings. The lowest BCUT2D eigenvalue weighted by atomic mass is 9.95. The van der Waals surface area contributed by atoms with Crippen molar-refractivity contribution in [2.75, 3.05) is 32.7 Å². The van der Waals surface area contributed by atoms with Crippen LogP contribution in [0.4, 0.5) is 0 Å². The molecule has 0 bridgehead atoms. The molecule has 0 N–H and O–H groups in total. The summed E-state index contributed by atoms with van der Waals surface area (Å²) >= 11 is 0. The molecule has 5 heteroatoms. The van der Waals surface area contributed by atoms with E-state index >= 15 is 0 Å². The molecule has 0 aromatic carbocycles. The van der Waals surface area contributed by atoms with Gasteiger partial charge in [0.25, 0.3) is 0 Å². The maximum absolute atomic E-state index is 4.63. The predicted molar refractivity (Wildman–Crippen MR) is 101 cm³/mol. The molecule has 1 aromatic rings. The van der Waals surface area contributed by atoms with E-state index in [9.17, 15) is 0 Å². The van der Waals surface area contributed by atoms with Gasteiger partial charge in [-0.3, -0.25) is 4.90 Å². The van der Waals surface area contributed by atoms with Gasteiger partial charge >= 0.3 is 0 Å². The van der Waals surface area contributed by atoms with Crippen LogP contribution in [0, 0.1) is 5.92 Å². The van der Waals surface area contributed by atoms with Crippen LogP contribution in [0.25, 0.3) is 0 Å². The Morgan fingerprint density at radius 2 is 1.60 bits per heavy atom. The lowest BCUT2D eigenvalue weighted by Gasteiger charge is -2.33. The zero-order valence-corrected chi connectivity index (χ0v) is 16.0. The second-order valence-electron chi connectivity index (χ2n) is 8.62. The van der Waals surface area contributed by atoms with E-state index in [0.717, 1.165) is 18.3 Å². The molecule has 3 heterocycles. The van der Waals surface area contributed by atoms with Gasteiger partial charge in [-0.1, -0.05) is 19.3 Å². The topological polar surface area (TPSA) is 37.2 Å². The molecule has 25 heavy (non-hydrogen) atoms. The van der Waals surface area contributed by atoms with Crippen molar-refractivity contribution in [2.45, 2.75) is 70.3 Å². The second kappa shape index (κ2) is 8.17. The average Bonchev–Trinajstić information content (AvgIpc) is 3.27. The van der Waals surface area contributed by atoms with Crippen LogP contribution in [0.1, 0.15) is 75.4 Å². The molecule has 5 nitrogen and oxygen atoms in total. The van der Waals surface area contributed by atoms with Crippen LogP contribution in [0.15, 0.2) is 0 Å². The van der Waals surface area contributed by atoms with Gasteiger partial charge in [0.15, 0.2) is 0 Å². The van der Waals surface area contributed by atoms with E-state index in [4.69, 9.17) is 0 Å². The van der Waals surface area contributed by atoms with Crippen LogP contribution >= 0.6 is 0 Å². The van der Waals surface area contributed by atoms with Crippen LogP contribution in [-0.4, -0.2) is 57.3 Å². The molecule has 140 valence electrons. The molecular formula is C20H35N5. The van der Waals surface area contributed by atoms with Crippen LogP contribution in [0.3, 0.4) is 0 Å². The Balaban J connectivity index is 1.37. The first-order chi connectivity index (χ1) is 12.3. The first-order valence-electron chi connectivity index (χ1n) is 10.6. The molecular weight excluding hydrogens is 310 g/mol. The van der Waals surface area contributed by atoms with E-state index in [2.05, 4.69) is 31.6 Å². The average molecular weight is 346 g/mol. The van der Waals surface area contributed by atoms with Crippen molar-refractivity contribution in [3.05, 3.63) is 11.6 Å². The molecule has 1 atom stereocenters. The van der Waals surface area contributed by atoms with Crippen molar-refractivity contribution in [1.29, 1.82) is 0 Å². The Labute approximate surface area is 152 Å². The molecule has 3 fully saturated rings. The summed E-state index contributed by atoms with van der Waals surface area (Å²) in [6.45, 7) is 7.20. The van der Waals surface area contributed by atoms with Crippen LogP contribution in [0.5, 0.6) is 0 Å². The third-order valence-electron chi connectivity index (χ3n) is 6.67. The van der Waals surface area contributed by atoms with Crippen molar-refractivity contribution >= 4 is 0 Å². The Morgan fingerprint density at radius 1 is 0.840 bits per heavy atom. The minimum absolute atomic E-state index is 0.572. The number of piperidine rings is 2. The largest absolute Gasteiger partial charge is 0.317 e. The summed E-state index contributed by atoms with van der Waals surface area (Å²) in [6.07, 6.45) is 12.4. The van der Waals surface area contributed by atoms with Crippen molar-refractivity contribution in [3.8, 4) is 0 Å². The molecule has 2 aliphatic heterocycles. The highest BCUT2D eigenvalue weighted by atomic mass is 15.3. The molecule has 0 spiro atoms. The highest BCUT2D eigenvalue weighted by molar-refractivity contribution is 5.04. The van der Waals surface area contributed by atoms with Gasteiger partial charge < -0.3 is 9.47 Å². The normalized spacial score (nSPS) is 27.2. The highest BCUT2D eigenvalue weighted by Gasteiger charge is 2.28. The van der Waals surface area contributed by atoms with Crippen molar-refractivity contribution < 1.29 is 0 Å². The molecule has 1 saturated carbocycles. The van der Waals surface area contributed by atoms with Gasteiger partial charge in [-0.2, -0.15) is 0 Å². The van der Waals surface area contributed by atoms with E-state index < -0.39 is 0 Å². The molecule has 1 unspecified atom stereocenters. The van der Waals surface area contributed by atoms with Crippen LogP contribution in [-0.2, 0) is 13.6 Å². The first-order valence-corrected chi connectivity index (χ1v) is 10.6. The number of nitrogens with zero attached hydrogens (tertiary/aromatic N) is 5. The predicted octanol–water partition coefficient (Wildman–Crippen LogP) is 3.17. The Bertz CT molecular complexity index is 542. The van der Waals surface area contributed by atoms with Gasteiger partial charge in [0.1, 0.15) is 11.6 Å². The number of likely N-dealkylation sites (tertiary alicyclic amines) is 2. The Morgan fingerprint density at radius 3 is 2.40 bits per heavy atom. The smallest absolute Gasteiger partial charge is 0.146 e. The fourth-order valence-corrected chi connectivity index (χ4v) is 5.18. The van der Waals surface area contributed by atoms with E-state index in [0.29, 0.717) is 5.92 Å². The monoisotopic (exact) mass is 345 g/mol. The maximum Gasteiger partial charge on any atom is 0.146 e. The number of rotatable bonds is 5. The summed E-state index contributed by atoms with van der Waals surface area (Å²) in [5.41, 5.74) is 0. The van der Waals surface area contributed by atoms with Crippen molar-refractivity contribution in [1.82, 2.24) is 24.6 Å². The Kier molecular flexibility index (Phi) is 5.71. The number of hydrogen-bond donors (Lipinski definition) is 0. The lowest BCUT2D eigenvalue weighted by Crippen LogP contribution is -2.38. The van der Waals surface area contributed by atoms with Crippen molar-refractivity contribution in [2.24, 2.45) is 13.0 Å². The van der Waals surface area contributed by atoms with E-state index in [-0.39, 0.29) is 0 Å². The summed E-state index contributed by atoms with van der Waals surface area (Å²) in [5.74, 6) is 3.91. The van der Waals surface area contributed by atoms with Gasteiger partial charge in [-0.15, -0.1) is 10.2 Å². The SMILES string of the molecule is Cn1c(CN2CCCCC2)nnc1C1CCCN(CC2CCCC2)C1. The lowest BCUT2D eigenvalue weighted by molar-refractivity contribution is 0.175. The minimum atomic E-state index is 0.572.